The normalized spacial score (nSPS) is 20.3. The first-order chi connectivity index (χ1) is 12.1. The van der Waals surface area contributed by atoms with Crippen LogP contribution in [0.2, 0.25) is 0 Å². The van der Waals surface area contributed by atoms with Crippen LogP contribution in [0.4, 0.5) is 0 Å². The maximum atomic E-state index is 12.0. The average Bonchev–Trinajstić information content (AvgIpc) is 2.89. The second-order valence-electron chi connectivity index (χ2n) is 6.27. The third kappa shape index (κ3) is 4.38. The zero-order valence-electron chi connectivity index (χ0n) is 14.2. The Labute approximate surface area is 148 Å². The van der Waals surface area contributed by atoms with Crippen molar-refractivity contribution in [1.29, 1.82) is 0 Å². The first-order valence-electron chi connectivity index (χ1n) is 8.73. The van der Waals surface area contributed by atoms with Crippen molar-refractivity contribution >= 4 is 21.8 Å². The maximum absolute atomic E-state index is 12.0. The molecule has 25 heavy (non-hydrogen) atoms. The lowest BCUT2D eigenvalue weighted by Gasteiger charge is -2.27. The van der Waals surface area contributed by atoms with Crippen molar-refractivity contribution in [3.8, 4) is 0 Å². The third-order valence-electron chi connectivity index (χ3n) is 4.45. The molecule has 1 saturated heterocycles. The van der Waals surface area contributed by atoms with E-state index in [4.69, 9.17) is 0 Å². The molecule has 3 rings (SSSR count). The number of rotatable bonds is 6. The van der Waals surface area contributed by atoms with Crippen LogP contribution in [0.3, 0.4) is 0 Å². The average molecular weight is 364 g/mol. The fraction of sp³-hybridized carbons (Fsp3) is 0.529. The minimum atomic E-state index is -3.46. The van der Waals surface area contributed by atoms with Crippen molar-refractivity contribution in [2.75, 3.05) is 32.7 Å². The van der Waals surface area contributed by atoms with Crippen LogP contribution in [0.25, 0.3) is 0 Å². The van der Waals surface area contributed by atoms with Crippen LogP contribution in [-0.4, -0.2) is 57.8 Å². The Morgan fingerprint density at radius 2 is 1.88 bits per heavy atom. The summed E-state index contributed by atoms with van der Waals surface area (Å²) in [6.45, 7) is 3.90. The number of piperazine rings is 1. The van der Waals surface area contributed by atoms with Gasteiger partial charge in [0.25, 0.3) is 10.0 Å². The van der Waals surface area contributed by atoms with Gasteiger partial charge in [0.15, 0.2) is 0 Å². The van der Waals surface area contributed by atoms with E-state index in [1.807, 2.05) is 4.90 Å². The van der Waals surface area contributed by atoms with E-state index in [1.54, 1.807) is 24.3 Å². The van der Waals surface area contributed by atoms with E-state index in [1.165, 1.54) is 0 Å². The Balaban J connectivity index is 1.42. The summed E-state index contributed by atoms with van der Waals surface area (Å²) < 4.78 is 26.5. The Morgan fingerprint density at radius 1 is 1.12 bits per heavy atom. The van der Waals surface area contributed by atoms with Crippen molar-refractivity contribution in [3.05, 3.63) is 29.8 Å². The number of unbranched alkanes of at least 4 members (excludes halogenated alkanes) is 2. The highest BCUT2D eigenvalue weighted by atomic mass is 32.2. The van der Waals surface area contributed by atoms with Gasteiger partial charge in [0.05, 0.1) is 4.90 Å². The SMILES string of the molecule is O=C(CCCCCN=C1NS(=O)(=O)c2ccccc21)N1CCNCC1. The first-order valence-corrected chi connectivity index (χ1v) is 10.2. The molecule has 2 heterocycles. The van der Waals surface area contributed by atoms with E-state index in [2.05, 4.69) is 15.0 Å². The smallest absolute Gasteiger partial charge is 0.263 e. The molecule has 1 aromatic rings. The number of benzene rings is 1. The maximum Gasteiger partial charge on any atom is 0.263 e. The molecule has 1 amide bonds. The number of nitrogens with zero attached hydrogens (tertiary/aromatic N) is 2. The van der Waals surface area contributed by atoms with Gasteiger partial charge in [-0.25, -0.2) is 8.42 Å². The molecule has 2 aliphatic heterocycles. The molecule has 1 fully saturated rings. The van der Waals surface area contributed by atoms with Crippen molar-refractivity contribution < 1.29 is 13.2 Å². The van der Waals surface area contributed by atoms with E-state index < -0.39 is 10.0 Å². The predicted octanol–water partition coefficient (Wildman–Crippen LogP) is 0.717. The number of hydrogen-bond donors (Lipinski definition) is 2. The zero-order chi connectivity index (χ0) is 17.7. The van der Waals surface area contributed by atoms with Gasteiger partial charge >= 0.3 is 0 Å². The van der Waals surface area contributed by atoms with Crippen molar-refractivity contribution in [2.45, 2.75) is 30.6 Å². The molecule has 0 atom stereocenters. The highest BCUT2D eigenvalue weighted by Gasteiger charge is 2.29. The van der Waals surface area contributed by atoms with Gasteiger partial charge in [0.2, 0.25) is 5.91 Å². The number of sulfonamides is 1. The molecule has 2 aliphatic rings. The number of fused-ring (bicyclic) bond motifs is 1. The largest absolute Gasteiger partial charge is 0.340 e. The molecule has 0 radical (unpaired) electrons. The second-order valence-corrected chi connectivity index (χ2v) is 7.92. The minimum absolute atomic E-state index is 0.227. The van der Waals surface area contributed by atoms with Crippen LogP contribution < -0.4 is 10.0 Å². The van der Waals surface area contributed by atoms with Gasteiger partial charge in [-0.3, -0.25) is 14.5 Å². The number of amides is 1. The summed E-state index contributed by atoms with van der Waals surface area (Å²) in [6, 6.07) is 6.86. The first kappa shape index (κ1) is 17.9. The molecule has 1 aromatic carbocycles. The molecule has 0 unspecified atom stereocenters. The Morgan fingerprint density at radius 3 is 2.68 bits per heavy atom. The molecule has 0 aliphatic carbocycles. The number of amidine groups is 1. The summed E-state index contributed by atoms with van der Waals surface area (Å²) in [5.74, 6) is 0.651. The summed E-state index contributed by atoms with van der Waals surface area (Å²) in [4.78, 5) is 18.6. The molecule has 0 saturated carbocycles. The lowest BCUT2D eigenvalue weighted by atomic mass is 10.1. The van der Waals surface area contributed by atoms with Gasteiger partial charge in [-0.05, 0) is 25.0 Å². The Kier molecular flexibility index (Phi) is 5.70. The molecular weight excluding hydrogens is 340 g/mol. The zero-order valence-corrected chi connectivity index (χ0v) is 15.0. The van der Waals surface area contributed by atoms with Gasteiger partial charge < -0.3 is 10.2 Å². The fourth-order valence-corrected chi connectivity index (χ4v) is 4.33. The van der Waals surface area contributed by atoms with E-state index in [0.29, 0.717) is 24.4 Å². The second kappa shape index (κ2) is 7.97. The lowest BCUT2D eigenvalue weighted by Crippen LogP contribution is -2.46. The van der Waals surface area contributed by atoms with Crippen LogP contribution >= 0.6 is 0 Å². The van der Waals surface area contributed by atoms with Gasteiger partial charge in [-0.15, -0.1) is 0 Å². The highest BCUT2D eigenvalue weighted by Crippen LogP contribution is 2.22. The quantitative estimate of drug-likeness (QED) is 0.728. The minimum Gasteiger partial charge on any atom is -0.340 e. The van der Waals surface area contributed by atoms with E-state index in [-0.39, 0.29) is 10.8 Å². The Bertz CT molecular complexity index is 755. The summed E-state index contributed by atoms with van der Waals surface area (Å²) in [5, 5.41) is 3.24. The number of carbonyl (C=O) groups is 1. The van der Waals surface area contributed by atoms with Crippen LogP contribution in [0.15, 0.2) is 34.2 Å². The van der Waals surface area contributed by atoms with E-state index in [9.17, 15) is 13.2 Å². The summed E-state index contributed by atoms with van der Waals surface area (Å²) in [5.41, 5.74) is 0.636. The van der Waals surface area contributed by atoms with Gasteiger partial charge in [0.1, 0.15) is 5.84 Å². The number of carbonyl (C=O) groups excluding carboxylic acids is 1. The highest BCUT2D eigenvalue weighted by molar-refractivity contribution is 7.90. The van der Waals surface area contributed by atoms with Crippen LogP contribution in [0.1, 0.15) is 31.2 Å². The van der Waals surface area contributed by atoms with Gasteiger partial charge in [0, 0.05) is 44.7 Å². The number of aliphatic imine (C=N–C) groups is 1. The van der Waals surface area contributed by atoms with Crippen LogP contribution in [0, 0.1) is 0 Å². The molecule has 0 aromatic heterocycles. The summed E-state index contributed by atoms with van der Waals surface area (Å²) >= 11 is 0. The van der Waals surface area contributed by atoms with Gasteiger partial charge in [-0.2, -0.15) is 0 Å². The molecular formula is C17H24N4O3S. The Hall–Kier alpha value is -1.93. The predicted molar refractivity (Wildman–Crippen MR) is 96.1 cm³/mol. The van der Waals surface area contributed by atoms with Crippen LogP contribution in [0.5, 0.6) is 0 Å². The lowest BCUT2D eigenvalue weighted by molar-refractivity contribution is -0.131. The summed E-state index contributed by atoms with van der Waals surface area (Å²) in [6.07, 6.45) is 3.16. The fourth-order valence-electron chi connectivity index (χ4n) is 3.08. The molecule has 2 N–H and O–H groups in total. The van der Waals surface area contributed by atoms with Crippen molar-refractivity contribution in [1.82, 2.24) is 14.9 Å². The standard InChI is InChI=1S/C17H24N4O3S/c22-16(21-12-10-18-11-13-21)8-2-1-5-9-19-17-14-6-3-4-7-15(14)25(23,24)20-17/h3-4,6-7,18H,1-2,5,8-13H2,(H,19,20). The van der Waals surface area contributed by atoms with E-state index >= 15 is 0 Å². The molecule has 7 nitrogen and oxygen atoms in total. The molecule has 136 valence electrons. The van der Waals surface area contributed by atoms with Crippen molar-refractivity contribution in [3.63, 3.8) is 0 Å². The van der Waals surface area contributed by atoms with Gasteiger partial charge in [-0.1, -0.05) is 18.6 Å². The van der Waals surface area contributed by atoms with Crippen molar-refractivity contribution in [2.24, 2.45) is 4.99 Å². The van der Waals surface area contributed by atoms with Crippen LogP contribution in [-0.2, 0) is 14.8 Å². The number of nitrogens with one attached hydrogen (secondary N) is 2. The molecule has 0 spiro atoms. The molecule has 0 bridgehead atoms. The monoisotopic (exact) mass is 364 g/mol. The summed E-state index contributed by atoms with van der Waals surface area (Å²) in [7, 11) is -3.46. The number of hydrogen-bond acceptors (Lipinski definition) is 5. The third-order valence-corrected chi connectivity index (χ3v) is 5.85. The molecule has 8 heteroatoms. The van der Waals surface area contributed by atoms with E-state index in [0.717, 1.165) is 45.4 Å². The topological polar surface area (TPSA) is 90.9 Å².